The van der Waals surface area contributed by atoms with E-state index in [1.165, 1.54) is 0 Å². The van der Waals surface area contributed by atoms with Crippen LogP contribution in [0.25, 0.3) is 0 Å². The first-order chi connectivity index (χ1) is 11.5. The van der Waals surface area contributed by atoms with E-state index >= 15 is 0 Å². The van der Waals surface area contributed by atoms with E-state index in [1.807, 2.05) is 0 Å². The average Bonchev–Trinajstić information content (AvgIpc) is 2.66. The van der Waals surface area contributed by atoms with Gasteiger partial charge in [-0.15, -0.1) is 0 Å². The minimum absolute atomic E-state index is 0.0522. The van der Waals surface area contributed by atoms with E-state index in [0.717, 1.165) is 39.0 Å². The van der Waals surface area contributed by atoms with Gasteiger partial charge in [-0.05, 0) is 25.7 Å². The second-order valence-electron chi connectivity index (χ2n) is 9.05. The molecule has 9 heteroatoms. The maximum atomic E-state index is 14.1. The summed E-state index contributed by atoms with van der Waals surface area (Å²) in [5.74, 6) is -9.01. The Hall–Kier alpha value is -0.253. The van der Waals surface area contributed by atoms with Crippen molar-refractivity contribution in [3.05, 3.63) is 0 Å². The molecule has 1 saturated heterocycles. The van der Waals surface area contributed by atoms with Gasteiger partial charge in [-0.25, -0.2) is 0 Å². The zero-order chi connectivity index (χ0) is 20.4. The largest absolute Gasteiger partial charge is 0.449 e. The van der Waals surface area contributed by atoms with Crippen molar-refractivity contribution >= 4 is 8.07 Å². The summed E-state index contributed by atoms with van der Waals surface area (Å²) in [6.45, 7) is 9.09. The highest BCUT2D eigenvalue weighted by atomic mass is 28.3. The number of halogens is 5. The summed E-state index contributed by atoms with van der Waals surface area (Å²) in [7, 11) is -0.611. The van der Waals surface area contributed by atoms with Crippen LogP contribution in [0.5, 0.6) is 0 Å². The normalized spacial score (nSPS) is 32.9. The van der Waals surface area contributed by atoms with Crippen molar-refractivity contribution in [2.45, 2.75) is 88.7 Å². The van der Waals surface area contributed by atoms with E-state index in [2.05, 4.69) is 30.9 Å². The first-order valence-electron chi connectivity index (χ1n) is 8.98. The van der Waals surface area contributed by atoms with Crippen LogP contribution >= 0.6 is 0 Å². The van der Waals surface area contributed by atoms with E-state index in [9.17, 15) is 27.1 Å². The predicted octanol–water partition coefficient (Wildman–Crippen LogP) is 5.21. The molecule has 0 amide bonds. The third-order valence-electron chi connectivity index (χ3n) is 4.39. The molecule has 2 unspecified atom stereocenters. The molecule has 0 aromatic rings. The summed E-state index contributed by atoms with van der Waals surface area (Å²) in [4.78, 5) is 0. The first-order valence-corrected chi connectivity index (χ1v) is 13.0. The number of hydrogen-bond acceptors (Lipinski definition) is 3. The van der Waals surface area contributed by atoms with Gasteiger partial charge in [-0.1, -0.05) is 45.5 Å². The topological polar surface area (TPSA) is 38.7 Å². The third kappa shape index (κ3) is 5.39. The Labute approximate surface area is 153 Å². The fourth-order valence-corrected chi connectivity index (χ4v) is 2.83. The van der Waals surface area contributed by atoms with Gasteiger partial charge in [0, 0.05) is 8.07 Å². The summed E-state index contributed by atoms with van der Waals surface area (Å²) in [5.41, 5.74) is -2.49. The molecule has 0 aromatic carbocycles. The van der Waals surface area contributed by atoms with Crippen molar-refractivity contribution in [3.8, 4) is 0 Å². The predicted molar refractivity (Wildman–Crippen MR) is 92.0 cm³/mol. The Kier molecular flexibility index (Phi) is 7.33. The van der Waals surface area contributed by atoms with Crippen molar-refractivity contribution in [3.63, 3.8) is 0 Å². The maximum absolute atomic E-state index is 14.1. The van der Waals surface area contributed by atoms with Crippen molar-refractivity contribution in [2.75, 3.05) is 13.2 Å². The van der Waals surface area contributed by atoms with Crippen LogP contribution in [0.2, 0.25) is 26.2 Å². The highest BCUT2D eigenvalue weighted by Crippen LogP contribution is 2.54. The summed E-state index contributed by atoms with van der Waals surface area (Å²) in [6, 6.07) is 0. The molecule has 2 atom stereocenters. The van der Waals surface area contributed by atoms with Crippen molar-refractivity contribution in [1.29, 1.82) is 0 Å². The van der Waals surface area contributed by atoms with Gasteiger partial charge in [0.05, 0.1) is 13.2 Å². The fourth-order valence-electron chi connectivity index (χ4n) is 2.83. The Bertz CT molecular complexity index is 454. The minimum atomic E-state index is -5.59. The number of ether oxygens (including phenoxy) is 2. The summed E-state index contributed by atoms with van der Waals surface area (Å²) >= 11 is 0. The first kappa shape index (κ1) is 23.8. The Balaban J connectivity index is 0.000000597. The molecule has 0 bridgehead atoms. The molecule has 2 fully saturated rings. The highest BCUT2D eigenvalue weighted by Gasteiger charge is 2.81. The lowest BCUT2D eigenvalue weighted by Crippen LogP contribution is -2.63. The van der Waals surface area contributed by atoms with E-state index in [0.29, 0.717) is 0 Å². The van der Waals surface area contributed by atoms with Crippen LogP contribution in [0.3, 0.4) is 0 Å². The molecule has 1 aliphatic heterocycles. The second kappa shape index (κ2) is 8.01. The van der Waals surface area contributed by atoms with E-state index in [-0.39, 0.29) is 12.5 Å². The molecule has 1 heterocycles. The molecule has 1 N–H and O–H groups in total. The summed E-state index contributed by atoms with van der Waals surface area (Å²) in [5, 5.41) is 9.25. The van der Waals surface area contributed by atoms with Crippen LogP contribution in [0.4, 0.5) is 22.0 Å². The molecule has 0 spiro atoms. The molecule has 3 nitrogen and oxygen atoms in total. The lowest BCUT2D eigenvalue weighted by Gasteiger charge is -2.37. The molecule has 2 rings (SSSR count). The van der Waals surface area contributed by atoms with Gasteiger partial charge in [0.2, 0.25) is 0 Å². The van der Waals surface area contributed by atoms with Crippen LogP contribution in [-0.4, -0.2) is 49.9 Å². The van der Waals surface area contributed by atoms with E-state index < -0.39 is 38.2 Å². The van der Waals surface area contributed by atoms with Crippen LogP contribution in [0, 0.1) is 5.92 Å². The Morgan fingerprint density at radius 1 is 1.08 bits per heavy atom. The SMILES string of the molecule is CC1(OCC2CCCCC2)COC(O)(C(F)(F)F)C1(F)F.C[Si](C)(C)C. The minimum Gasteiger partial charge on any atom is -0.366 e. The van der Waals surface area contributed by atoms with Crippen molar-refractivity contribution in [2.24, 2.45) is 5.92 Å². The Morgan fingerprint density at radius 2 is 1.54 bits per heavy atom. The van der Waals surface area contributed by atoms with Crippen molar-refractivity contribution < 1.29 is 36.5 Å². The molecule has 26 heavy (non-hydrogen) atoms. The monoisotopic (exact) mass is 406 g/mol. The van der Waals surface area contributed by atoms with Gasteiger partial charge in [-0.3, -0.25) is 0 Å². The number of hydrogen-bond donors (Lipinski definition) is 1. The van der Waals surface area contributed by atoms with Crippen molar-refractivity contribution in [1.82, 2.24) is 0 Å². The maximum Gasteiger partial charge on any atom is 0.449 e. The zero-order valence-electron chi connectivity index (χ0n) is 16.2. The molecule has 1 saturated carbocycles. The van der Waals surface area contributed by atoms with Crippen LogP contribution in [0.15, 0.2) is 0 Å². The highest BCUT2D eigenvalue weighted by molar-refractivity contribution is 6.74. The summed E-state index contributed by atoms with van der Waals surface area (Å²) in [6.07, 6.45) is -0.977. The zero-order valence-corrected chi connectivity index (χ0v) is 17.2. The van der Waals surface area contributed by atoms with Crippen LogP contribution in [0.1, 0.15) is 39.0 Å². The van der Waals surface area contributed by atoms with Gasteiger partial charge in [0.1, 0.15) is 0 Å². The number of alkyl halides is 5. The molecule has 1 aliphatic carbocycles. The second-order valence-corrected chi connectivity index (χ2v) is 15.1. The van der Waals surface area contributed by atoms with E-state index in [4.69, 9.17) is 4.74 Å². The van der Waals surface area contributed by atoms with E-state index in [1.54, 1.807) is 0 Å². The van der Waals surface area contributed by atoms with Gasteiger partial charge >= 0.3 is 17.9 Å². The molecule has 0 radical (unpaired) electrons. The fraction of sp³-hybridized carbons (Fsp3) is 1.00. The lowest BCUT2D eigenvalue weighted by molar-refractivity contribution is -0.410. The quantitative estimate of drug-likeness (QED) is 0.516. The standard InChI is InChI=1S/C13H19F5O3.C4H12Si/c1-10(20-7-9-5-3-2-4-6-9)8-21-12(19,11(10,14)15)13(16,17)18;1-5(2,3)4/h9,19H,2-8H2,1H3;1-4H3. The molecule has 156 valence electrons. The van der Waals surface area contributed by atoms with Gasteiger partial charge < -0.3 is 14.6 Å². The van der Waals surface area contributed by atoms with Gasteiger partial charge in [0.15, 0.2) is 5.60 Å². The van der Waals surface area contributed by atoms with Crippen LogP contribution < -0.4 is 0 Å². The average molecular weight is 407 g/mol. The Morgan fingerprint density at radius 3 is 1.92 bits per heavy atom. The van der Waals surface area contributed by atoms with Gasteiger partial charge in [-0.2, -0.15) is 22.0 Å². The van der Waals surface area contributed by atoms with Gasteiger partial charge in [0.25, 0.3) is 0 Å². The molecular weight excluding hydrogens is 375 g/mol. The third-order valence-corrected chi connectivity index (χ3v) is 4.39. The van der Waals surface area contributed by atoms with Crippen LogP contribution in [-0.2, 0) is 9.47 Å². The molecule has 0 aromatic heterocycles. The lowest BCUT2D eigenvalue weighted by atomic mass is 9.89. The number of rotatable bonds is 3. The summed E-state index contributed by atoms with van der Waals surface area (Å²) < 4.78 is 75.3. The number of aliphatic hydroxyl groups is 1. The molecule has 2 aliphatic rings. The molecular formula is C17H31F5O3Si. The smallest absolute Gasteiger partial charge is 0.366 e.